The average Bonchev–Trinajstić information content (AvgIpc) is 2.70. The monoisotopic (exact) mass is 297 g/mol. The van der Waals surface area contributed by atoms with Crippen LogP contribution < -0.4 is 0 Å². The van der Waals surface area contributed by atoms with Gasteiger partial charge in [-0.05, 0) is 19.1 Å². The third-order valence-corrected chi connectivity index (χ3v) is 3.90. The Morgan fingerprint density at radius 2 is 1.90 bits per heavy atom. The molecular weight excluding hydrogens is 286 g/mol. The zero-order valence-electron chi connectivity index (χ0n) is 10.4. The van der Waals surface area contributed by atoms with Crippen LogP contribution in [-0.2, 0) is 19.1 Å². The van der Waals surface area contributed by atoms with Crippen molar-refractivity contribution in [1.82, 2.24) is 4.90 Å². The Morgan fingerprint density at radius 1 is 1.30 bits per heavy atom. The lowest BCUT2D eigenvalue weighted by molar-refractivity contribution is -0.122. The number of rotatable bonds is 3. The third-order valence-electron chi connectivity index (χ3n) is 2.62. The number of carbonyl (C=O) groups excluding carboxylic acids is 1. The third kappa shape index (κ3) is 2.80. The quantitative estimate of drug-likeness (QED) is 0.838. The topological polar surface area (TPSA) is 101 Å². The molecule has 20 heavy (non-hydrogen) atoms. The molecule has 1 aromatic carbocycles. The number of benzene rings is 1. The summed E-state index contributed by atoms with van der Waals surface area (Å²) in [5.41, 5.74) is 0.885. The second-order valence-electron chi connectivity index (χ2n) is 4.17. The minimum absolute atomic E-state index is 0.0646. The molecule has 2 amide bonds. The molecule has 0 atom stereocenters. The van der Waals surface area contributed by atoms with Gasteiger partial charge in [-0.3, -0.25) is 4.79 Å². The Hall–Kier alpha value is -2.35. The largest absolute Gasteiger partial charge is 0.465 e. The highest BCUT2D eigenvalue weighted by Crippen LogP contribution is 2.20. The van der Waals surface area contributed by atoms with Crippen molar-refractivity contribution >= 4 is 22.1 Å². The summed E-state index contributed by atoms with van der Waals surface area (Å²) in [5.74, 6) is -1.05. The summed E-state index contributed by atoms with van der Waals surface area (Å²) in [6, 6.07) is 5.95. The molecule has 1 aliphatic rings. The van der Waals surface area contributed by atoms with Gasteiger partial charge in [-0.15, -0.1) is 0 Å². The summed E-state index contributed by atoms with van der Waals surface area (Å²) in [6.07, 6.45) is -0.613. The summed E-state index contributed by atoms with van der Waals surface area (Å²) in [5, 5.41) is 8.71. The minimum atomic E-state index is -4.07. The summed E-state index contributed by atoms with van der Waals surface area (Å²) < 4.78 is 28.7. The average molecular weight is 297 g/mol. The summed E-state index contributed by atoms with van der Waals surface area (Å²) in [7, 11) is -4.07. The Morgan fingerprint density at radius 3 is 2.40 bits per heavy atom. The molecule has 1 aromatic rings. The lowest BCUT2D eigenvalue weighted by Crippen LogP contribution is -2.31. The lowest BCUT2D eigenvalue weighted by Gasteiger charge is -2.10. The van der Waals surface area contributed by atoms with Gasteiger partial charge in [0.25, 0.3) is 5.91 Å². The maximum atomic E-state index is 11.9. The molecule has 1 aliphatic heterocycles. The van der Waals surface area contributed by atoms with Crippen molar-refractivity contribution in [2.75, 3.05) is 6.54 Å². The highest BCUT2D eigenvalue weighted by molar-refractivity contribution is 7.86. The van der Waals surface area contributed by atoms with Crippen molar-refractivity contribution in [2.45, 2.75) is 11.8 Å². The van der Waals surface area contributed by atoms with E-state index in [1.54, 1.807) is 19.1 Å². The van der Waals surface area contributed by atoms with Crippen LogP contribution >= 0.6 is 0 Å². The van der Waals surface area contributed by atoms with Crippen molar-refractivity contribution in [3.63, 3.8) is 0 Å². The number of imide groups is 1. The Kier molecular flexibility index (Phi) is 3.49. The Balaban J connectivity index is 2.18. The molecule has 8 heteroatoms. The van der Waals surface area contributed by atoms with Crippen LogP contribution in [0.2, 0.25) is 0 Å². The molecule has 1 N–H and O–H groups in total. The summed E-state index contributed by atoms with van der Waals surface area (Å²) >= 11 is 0. The first-order valence-corrected chi connectivity index (χ1v) is 6.96. The second-order valence-corrected chi connectivity index (χ2v) is 5.71. The van der Waals surface area contributed by atoms with E-state index in [9.17, 15) is 18.0 Å². The zero-order chi connectivity index (χ0) is 14.9. The normalized spacial score (nSPS) is 15.2. The van der Waals surface area contributed by atoms with Crippen LogP contribution in [0, 0.1) is 6.92 Å². The Bertz CT molecular complexity index is 689. The number of carboxylic acid groups (broad SMARTS) is 1. The fourth-order valence-electron chi connectivity index (χ4n) is 1.60. The van der Waals surface area contributed by atoms with E-state index >= 15 is 0 Å². The first-order chi connectivity index (χ1) is 9.29. The molecule has 2 rings (SSSR count). The van der Waals surface area contributed by atoms with Crippen molar-refractivity contribution in [3.05, 3.63) is 41.7 Å². The Labute approximate surface area is 115 Å². The van der Waals surface area contributed by atoms with E-state index in [1.165, 1.54) is 12.1 Å². The van der Waals surface area contributed by atoms with E-state index in [2.05, 4.69) is 0 Å². The molecule has 0 aromatic heterocycles. The fraction of sp³-hybridized carbons (Fsp3) is 0.167. The van der Waals surface area contributed by atoms with Gasteiger partial charge in [0.15, 0.2) is 0 Å². The standard InChI is InChI=1S/C12H11NO6S/c1-8-2-4-10(5-3-8)20(17,18)19-9-6-11(14)13(7-9)12(15)16/h2-6H,7H2,1H3,(H,15,16). The summed E-state index contributed by atoms with van der Waals surface area (Å²) in [6.45, 7) is 1.39. The van der Waals surface area contributed by atoms with E-state index in [4.69, 9.17) is 9.29 Å². The van der Waals surface area contributed by atoms with Gasteiger partial charge in [0.05, 0.1) is 6.54 Å². The molecule has 1 heterocycles. The molecule has 0 bridgehead atoms. The number of aryl methyl sites for hydroxylation is 1. The van der Waals surface area contributed by atoms with Gasteiger partial charge >= 0.3 is 16.2 Å². The first-order valence-electron chi connectivity index (χ1n) is 5.56. The fourth-order valence-corrected chi connectivity index (χ4v) is 2.55. The van der Waals surface area contributed by atoms with E-state index in [0.717, 1.165) is 11.6 Å². The maximum absolute atomic E-state index is 11.9. The molecule has 0 saturated carbocycles. The van der Waals surface area contributed by atoms with Gasteiger partial charge in [-0.1, -0.05) is 17.7 Å². The van der Waals surface area contributed by atoms with Gasteiger partial charge < -0.3 is 9.29 Å². The maximum Gasteiger partial charge on any atom is 0.414 e. The zero-order valence-corrected chi connectivity index (χ0v) is 11.3. The van der Waals surface area contributed by atoms with Crippen molar-refractivity contribution in [3.8, 4) is 0 Å². The molecule has 0 saturated heterocycles. The lowest BCUT2D eigenvalue weighted by atomic mass is 10.2. The highest BCUT2D eigenvalue weighted by atomic mass is 32.2. The van der Waals surface area contributed by atoms with Gasteiger partial charge in [-0.25, -0.2) is 9.69 Å². The van der Waals surface area contributed by atoms with Crippen LogP contribution in [0.1, 0.15) is 5.56 Å². The van der Waals surface area contributed by atoms with Crippen molar-refractivity contribution < 1.29 is 27.3 Å². The molecular formula is C12H11NO6S. The van der Waals surface area contributed by atoms with Crippen LogP contribution in [-0.4, -0.2) is 37.0 Å². The number of hydrogen-bond donors (Lipinski definition) is 1. The number of nitrogens with zero attached hydrogens (tertiary/aromatic N) is 1. The van der Waals surface area contributed by atoms with Crippen molar-refractivity contribution in [1.29, 1.82) is 0 Å². The molecule has 106 valence electrons. The van der Waals surface area contributed by atoms with Crippen LogP contribution in [0.3, 0.4) is 0 Å². The second kappa shape index (κ2) is 4.97. The molecule has 0 unspecified atom stereocenters. The van der Waals surface area contributed by atoms with E-state index in [1.807, 2.05) is 0 Å². The van der Waals surface area contributed by atoms with Crippen LogP contribution in [0.4, 0.5) is 4.79 Å². The summed E-state index contributed by atoms with van der Waals surface area (Å²) in [4.78, 5) is 22.4. The number of hydrogen-bond acceptors (Lipinski definition) is 5. The number of carbonyl (C=O) groups is 2. The van der Waals surface area contributed by atoms with E-state index in [-0.39, 0.29) is 10.7 Å². The van der Waals surface area contributed by atoms with Crippen LogP contribution in [0.25, 0.3) is 0 Å². The van der Waals surface area contributed by atoms with Gasteiger partial charge in [0, 0.05) is 6.08 Å². The molecule has 0 radical (unpaired) electrons. The van der Waals surface area contributed by atoms with Crippen LogP contribution in [0.15, 0.2) is 41.0 Å². The number of amides is 2. The van der Waals surface area contributed by atoms with Gasteiger partial charge in [0.2, 0.25) is 0 Å². The van der Waals surface area contributed by atoms with E-state index in [0.29, 0.717) is 4.90 Å². The van der Waals surface area contributed by atoms with E-state index < -0.39 is 28.7 Å². The molecule has 0 spiro atoms. The SMILES string of the molecule is Cc1ccc(S(=O)(=O)OC2=CC(=O)N(C(=O)O)C2)cc1. The predicted octanol–water partition coefficient (Wildman–Crippen LogP) is 1.10. The van der Waals surface area contributed by atoms with Crippen LogP contribution in [0.5, 0.6) is 0 Å². The predicted molar refractivity (Wildman–Crippen MR) is 67.3 cm³/mol. The molecule has 0 fully saturated rings. The minimum Gasteiger partial charge on any atom is -0.465 e. The molecule has 7 nitrogen and oxygen atoms in total. The molecule has 0 aliphatic carbocycles. The highest BCUT2D eigenvalue weighted by Gasteiger charge is 2.31. The first kappa shape index (κ1) is 14.1. The van der Waals surface area contributed by atoms with Crippen molar-refractivity contribution in [2.24, 2.45) is 0 Å². The van der Waals surface area contributed by atoms with Gasteiger partial charge in [0.1, 0.15) is 10.7 Å². The smallest absolute Gasteiger partial charge is 0.414 e. The van der Waals surface area contributed by atoms with Gasteiger partial charge in [-0.2, -0.15) is 8.42 Å².